The molecule has 0 aromatic carbocycles. The Hall–Kier alpha value is -1.14. The highest BCUT2D eigenvalue weighted by molar-refractivity contribution is 7.11. The SMILES string of the molecule is CCNC(=NCC1CCN(CC)C1)NCCc1nc(C)c(C)s1. The first kappa shape index (κ1) is 18.2. The first-order valence-corrected chi connectivity index (χ1v) is 9.61. The summed E-state index contributed by atoms with van der Waals surface area (Å²) in [6, 6.07) is 0. The topological polar surface area (TPSA) is 52.6 Å². The van der Waals surface area contributed by atoms with E-state index in [1.165, 1.54) is 29.4 Å². The quantitative estimate of drug-likeness (QED) is 0.592. The number of hydrogen-bond donors (Lipinski definition) is 2. The number of nitrogens with one attached hydrogen (secondary N) is 2. The van der Waals surface area contributed by atoms with E-state index in [9.17, 15) is 0 Å². The molecule has 0 saturated carbocycles. The van der Waals surface area contributed by atoms with Crippen molar-refractivity contribution in [1.82, 2.24) is 20.5 Å². The van der Waals surface area contributed by atoms with Crippen molar-refractivity contribution in [3.63, 3.8) is 0 Å². The van der Waals surface area contributed by atoms with E-state index in [0.717, 1.165) is 44.3 Å². The van der Waals surface area contributed by atoms with Crippen molar-refractivity contribution < 1.29 is 0 Å². The van der Waals surface area contributed by atoms with Crippen LogP contribution in [0.4, 0.5) is 0 Å². The molecule has 1 aromatic rings. The molecule has 0 radical (unpaired) electrons. The Morgan fingerprint density at radius 3 is 2.78 bits per heavy atom. The van der Waals surface area contributed by atoms with Gasteiger partial charge >= 0.3 is 0 Å². The fraction of sp³-hybridized carbons (Fsp3) is 0.765. The molecule has 1 unspecified atom stereocenters. The van der Waals surface area contributed by atoms with Gasteiger partial charge in [0, 0.05) is 37.5 Å². The van der Waals surface area contributed by atoms with Gasteiger partial charge in [-0.25, -0.2) is 4.98 Å². The van der Waals surface area contributed by atoms with Crippen LogP contribution in [0.2, 0.25) is 0 Å². The van der Waals surface area contributed by atoms with Crippen molar-refractivity contribution in [1.29, 1.82) is 0 Å². The second-order valence-electron chi connectivity index (χ2n) is 6.19. The summed E-state index contributed by atoms with van der Waals surface area (Å²) in [6.45, 7) is 14.8. The normalized spacial score (nSPS) is 19.3. The van der Waals surface area contributed by atoms with Crippen molar-refractivity contribution in [2.45, 2.75) is 40.5 Å². The Morgan fingerprint density at radius 2 is 2.17 bits per heavy atom. The van der Waals surface area contributed by atoms with E-state index in [2.05, 4.69) is 48.2 Å². The smallest absolute Gasteiger partial charge is 0.191 e. The number of hydrogen-bond acceptors (Lipinski definition) is 4. The van der Waals surface area contributed by atoms with Gasteiger partial charge in [0.05, 0.1) is 10.7 Å². The summed E-state index contributed by atoms with van der Waals surface area (Å²) in [5.41, 5.74) is 1.16. The molecule has 2 rings (SSSR count). The summed E-state index contributed by atoms with van der Waals surface area (Å²) in [6.07, 6.45) is 2.23. The lowest BCUT2D eigenvalue weighted by Crippen LogP contribution is -2.38. The van der Waals surface area contributed by atoms with E-state index in [-0.39, 0.29) is 0 Å². The Morgan fingerprint density at radius 1 is 1.35 bits per heavy atom. The summed E-state index contributed by atoms with van der Waals surface area (Å²) < 4.78 is 0. The van der Waals surface area contributed by atoms with E-state index >= 15 is 0 Å². The minimum Gasteiger partial charge on any atom is -0.357 e. The maximum atomic E-state index is 4.77. The van der Waals surface area contributed by atoms with E-state index in [0.29, 0.717) is 5.92 Å². The third kappa shape index (κ3) is 5.77. The van der Waals surface area contributed by atoms with Gasteiger partial charge < -0.3 is 15.5 Å². The lowest BCUT2D eigenvalue weighted by molar-refractivity contribution is 0.343. The zero-order chi connectivity index (χ0) is 16.7. The minimum atomic E-state index is 0.703. The van der Waals surface area contributed by atoms with Gasteiger partial charge in [-0.05, 0) is 46.2 Å². The van der Waals surface area contributed by atoms with E-state index in [1.54, 1.807) is 11.3 Å². The third-order valence-electron chi connectivity index (χ3n) is 4.37. The predicted octanol–water partition coefficient (Wildman–Crippen LogP) is 2.20. The van der Waals surface area contributed by atoms with Crippen LogP contribution in [0, 0.1) is 19.8 Å². The molecular weight excluding hydrogens is 306 g/mol. The highest BCUT2D eigenvalue weighted by Crippen LogP contribution is 2.17. The molecule has 1 aliphatic heterocycles. The molecule has 1 saturated heterocycles. The molecule has 6 heteroatoms. The average molecular weight is 338 g/mol. The van der Waals surface area contributed by atoms with Gasteiger partial charge in [-0.1, -0.05) is 6.92 Å². The molecule has 0 aliphatic carbocycles. The van der Waals surface area contributed by atoms with Crippen LogP contribution < -0.4 is 10.6 Å². The second kappa shape index (κ2) is 9.23. The molecule has 0 amide bonds. The summed E-state index contributed by atoms with van der Waals surface area (Å²) in [7, 11) is 0. The molecule has 2 heterocycles. The van der Waals surface area contributed by atoms with E-state index in [1.807, 2.05) is 0 Å². The van der Waals surface area contributed by atoms with Gasteiger partial charge in [0.1, 0.15) is 0 Å². The van der Waals surface area contributed by atoms with Crippen LogP contribution in [-0.2, 0) is 6.42 Å². The van der Waals surface area contributed by atoms with E-state index < -0.39 is 0 Å². The zero-order valence-corrected chi connectivity index (χ0v) is 15.8. The monoisotopic (exact) mass is 337 g/mol. The van der Waals surface area contributed by atoms with Crippen LogP contribution in [-0.4, -0.2) is 55.1 Å². The number of aromatic nitrogens is 1. The molecule has 1 aromatic heterocycles. The highest BCUT2D eigenvalue weighted by atomic mass is 32.1. The minimum absolute atomic E-state index is 0.703. The van der Waals surface area contributed by atoms with Crippen LogP contribution in [0.1, 0.15) is 35.8 Å². The molecule has 1 atom stereocenters. The molecule has 23 heavy (non-hydrogen) atoms. The van der Waals surface area contributed by atoms with Crippen LogP contribution in [0.3, 0.4) is 0 Å². The van der Waals surface area contributed by atoms with Gasteiger partial charge in [-0.2, -0.15) is 0 Å². The molecule has 130 valence electrons. The number of rotatable bonds is 7. The van der Waals surface area contributed by atoms with E-state index in [4.69, 9.17) is 4.99 Å². The van der Waals surface area contributed by atoms with Crippen LogP contribution in [0.15, 0.2) is 4.99 Å². The van der Waals surface area contributed by atoms with Crippen molar-refractivity contribution in [2.75, 3.05) is 39.3 Å². The van der Waals surface area contributed by atoms with Crippen LogP contribution in [0.5, 0.6) is 0 Å². The maximum Gasteiger partial charge on any atom is 0.191 e. The summed E-state index contributed by atoms with van der Waals surface area (Å²) in [5, 5.41) is 7.99. The van der Waals surface area contributed by atoms with Crippen molar-refractivity contribution in [3.8, 4) is 0 Å². The number of aliphatic imine (C=N–C) groups is 1. The lowest BCUT2D eigenvalue weighted by atomic mass is 10.1. The largest absolute Gasteiger partial charge is 0.357 e. The second-order valence-corrected chi connectivity index (χ2v) is 7.48. The number of likely N-dealkylation sites (tertiary alicyclic amines) is 1. The Balaban J connectivity index is 1.77. The maximum absolute atomic E-state index is 4.77. The molecule has 2 N–H and O–H groups in total. The van der Waals surface area contributed by atoms with Crippen molar-refractivity contribution in [3.05, 3.63) is 15.6 Å². The van der Waals surface area contributed by atoms with Gasteiger partial charge in [0.2, 0.25) is 0 Å². The molecular formula is C17H31N5S. The zero-order valence-electron chi connectivity index (χ0n) is 15.0. The Kier molecular flexibility index (Phi) is 7.30. The molecule has 0 bridgehead atoms. The molecule has 1 fully saturated rings. The summed E-state index contributed by atoms with van der Waals surface area (Å²) >= 11 is 1.80. The molecule has 0 spiro atoms. The number of thiazole rings is 1. The van der Waals surface area contributed by atoms with Gasteiger partial charge in [-0.3, -0.25) is 4.99 Å². The fourth-order valence-corrected chi connectivity index (χ4v) is 3.78. The van der Waals surface area contributed by atoms with Gasteiger partial charge in [0.15, 0.2) is 5.96 Å². The van der Waals surface area contributed by atoms with Crippen molar-refractivity contribution in [2.24, 2.45) is 10.9 Å². The Bertz CT molecular complexity index is 492. The number of nitrogens with zero attached hydrogens (tertiary/aromatic N) is 3. The molecule has 1 aliphatic rings. The van der Waals surface area contributed by atoms with Crippen LogP contribution >= 0.6 is 11.3 Å². The fourth-order valence-electron chi connectivity index (χ4n) is 2.85. The number of guanidine groups is 1. The number of aryl methyl sites for hydroxylation is 2. The summed E-state index contributed by atoms with van der Waals surface area (Å²) in [4.78, 5) is 13.2. The predicted molar refractivity (Wildman–Crippen MR) is 99.5 cm³/mol. The highest BCUT2D eigenvalue weighted by Gasteiger charge is 2.20. The molecule has 5 nitrogen and oxygen atoms in total. The first-order valence-electron chi connectivity index (χ1n) is 8.79. The average Bonchev–Trinajstić information content (AvgIpc) is 3.12. The Labute approximate surface area is 144 Å². The van der Waals surface area contributed by atoms with Crippen LogP contribution in [0.25, 0.3) is 0 Å². The van der Waals surface area contributed by atoms with Gasteiger partial charge in [0.25, 0.3) is 0 Å². The van der Waals surface area contributed by atoms with Gasteiger partial charge in [-0.15, -0.1) is 11.3 Å². The summed E-state index contributed by atoms with van der Waals surface area (Å²) in [5.74, 6) is 1.64. The lowest BCUT2D eigenvalue weighted by Gasteiger charge is -2.13. The standard InChI is InChI=1S/C17H31N5S/c1-5-18-17(20-11-15-8-10-22(6-2)12-15)19-9-7-16-21-13(3)14(4)23-16/h15H,5-12H2,1-4H3,(H2,18,19,20). The third-order valence-corrected chi connectivity index (χ3v) is 5.51. The first-order chi connectivity index (χ1) is 11.1. The van der Waals surface area contributed by atoms with Crippen molar-refractivity contribution >= 4 is 17.3 Å².